The number of hydrogen-bond donors (Lipinski definition) is 2. The Hall–Kier alpha value is -1.81. The molecule has 4 heteroatoms. The van der Waals surface area contributed by atoms with Gasteiger partial charge in [0.05, 0.1) is 12.2 Å². The summed E-state index contributed by atoms with van der Waals surface area (Å²) >= 11 is 0. The molecular formula is C12H14N2O2. The molecule has 4 nitrogen and oxygen atoms in total. The van der Waals surface area contributed by atoms with Gasteiger partial charge in [-0.25, -0.2) is 4.98 Å². The predicted molar refractivity (Wildman–Crippen MR) is 60.9 cm³/mol. The van der Waals surface area contributed by atoms with Crippen LogP contribution >= 0.6 is 0 Å². The lowest BCUT2D eigenvalue weighted by Crippen LogP contribution is -1.97. The summed E-state index contributed by atoms with van der Waals surface area (Å²) in [5.74, 6) is 1.41. The first kappa shape index (κ1) is 10.7. The van der Waals surface area contributed by atoms with Crippen molar-refractivity contribution in [2.45, 2.75) is 19.9 Å². The van der Waals surface area contributed by atoms with E-state index in [0.29, 0.717) is 18.2 Å². The quantitative estimate of drug-likeness (QED) is 0.827. The molecule has 0 aliphatic carbocycles. The van der Waals surface area contributed by atoms with Gasteiger partial charge in [-0.3, -0.25) is 0 Å². The van der Waals surface area contributed by atoms with Gasteiger partial charge in [-0.05, 0) is 24.6 Å². The van der Waals surface area contributed by atoms with Crippen LogP contribution in [0.15, 0.2) is 28.7 Å². The highest BCUT2D eigenvalue weighted by Crippen LogP contribution is 2.24. The van der Waals surface area contributed by atoms with Crippen molar-refractivity contribution >= 4 is 0 Å². The zero-order valence-corrected chi connectivity index (χ0v) is 9.10. The summed E-state index contributed by atoms with van der Waals surface area (Å²) in [6.07, 6.45) is 0.787. The second-order valence-corrected chi connectivity index (χ2v) is 3.50. The van der Waals surface area contributed by atoms with Crippen LogP contribution in [0.2, 0.25) is 0 Å². The van der Waals surface area contributed by atoms with Crippen LogP contribution in [-0.2, 0) is 13.0 Å². The lowest BCUT2D eigenvalue weighted by atomic mass is 10.2. The van der Waals surface area contributed by atoms with Crippen LogP contribution in [0, 0.1) is 0 Å². The molecule has 0 saturated carbocycles. The second kappa shape index (κ2) is 4.37. The molecule has 0 atom stereocenters. The van der Waals surface area contributed by atoms with Crippen molar-refractivity contribution in [3.63, 3.8) is 0 Å². The van der Waals surface area contributed by atoms with Crippen molar-refractivity contribution < 1.29 is 9.52 Å². The highest BCUT2D eigenvalue weighted by atomic mass is 16.4. The van der Waals surface area contributed by atoms with Gasteiger partial charge in [0.25, 0.3) is 0 Å². The van der Waals surface area contributed by atoms with E-state index in [1.54, 1.807) is 18.2 Å². The number of oxazole rings is 1. The summed E-state index contributed by atoms with van der Waals surface area (Å²) in [6.45, 7) is 2.35. The lowest BCUT2D eigenvalue weighted by Gasteiger charge is -1.95. The molecule has 1 heterocycles. The molecule has 2 aromatic rings. The summed E-state index contributed by atoms with van der Waals surface area (Å²) in [6, 6.07) is 6.82. The average molecular weight is 218 g/mol. The van der Waals surface area contributed by atoms with Gasteiger partial charge >= 0.3 is 0 Å². The van der Waals surface area contributed by atoms with Crippen LogP contribution in [0.4, 0.5) is 0 Å². The van der Waals surface area contributed by atoms with Gasteiger partial charge in [0, 0.05) is 5.56 Å². The van der Waals surface area contributed by atoms with Crippen LogP contribution in [0.25, 0.3) is 11.5 Å². The van der Waals surface area contributed by atoms with Crippen molar-refractivity contribution in [2.75, 3.05) is 0 Å². The molecule has 1 aromatic heterocycles. The Morgan fingerprint density at radius 2 is 2.25 bits per heavy atom. The molecule has 0 fully saturated rings. The SMILES string of the molecule is CCc1nc(-c2cccc(O)c2)oc1CN. The number of hydrogen-bond acceptors (Lipinski definition) is 4. The minimum atomic E-state index is 0.197. The number of nitrogens with two attached hydrogens (primary N) is 1. The van der Waals surface area contributed by atoms with Crippen LogP contribution in [0.5, 0.6) is 5.75 Å². The number of phenolic OH excluding ortho intramolecular Hbond substituents is 1. The molecule has 0 amide bonds. The number of aromatic nitrogens is 1. The monoisotopic (exact) mass is 218 g/mol. The van der Waals surface area contributed by atoms with Gasteiger partial charge in [0.1, 0.15) is 11.5 Å². The van der Waals surface area contributed by atoms with E-state index in [1.165, 1.54) is 0 Å². The van der Waals surface area contributed by atoms with Crippen LogP contribution in [-0.4, -0.2) is 10.1 Å². The molecule has 0 saturated heterocycles. The maximum atomic E-state index is 9.37. The van der Waals surface area contributed by atoms with Gasteiger partial charge in [-0.2, -0.15) is 0 Å². The molecule has 0 unspecified atom stereocenters. The first-order valence-corrected chi connectivity index (χ1v) is 5.22. The second-order valence-electron chi connectivity index (χ2n) is 3.50. The molecule has 2 rings (SSSR count). The Kier molecular flexibility index (Phi) is 2.92. The predicted octanol–water partition coefficient (Wildman–Crippen LogP) is 2.07. The Labute approximate surface area is 93.7 Å². The minimum Gasteiger partial charge on any atom is -0.508 e. The smallest absolute Gasteiger partial charge is 0.226 e. The lowest BCUT2D eigenvalue weighted by molar-refractivity contribution is 0.474. The third-order valence-corrected chi connectivity index (χ3v) is 2.39. The van der Waals surface area contributed by atoms with Gasteiger partial charge < -0.3 is 15.3 Å². The molecule has 84 valence electrons. The number of aryl methyl sites for hydroxylation is 1. The normalized spacial score (nSPS) is 10.6. The van der Waals surface area contributed by atoms with Gasteiger partial charge in [-0.15, -0.1) is 0 Å². The molecule has 0 spiro atoms. The van der Waals surface area contributed by atoms with Gasteiger partial charge in [-0.1, -0.05) is 13.0 Å². The number of phenols is 1. The van der Waals surface area contributed by atoms with Gasteiger partial charge in [0.15, 0.2) is 0 Å². The van der Waals surface area contributed by atoms with Crippen molar-refractivity contribution in [2.24, 2.45) is 5.73 Å². The van der Waals surface area contributed by atoms with Crippen LogP contribution in [0.3, 0.4) is 0 Å². The van der Waals surface area contributed by atoms with Crippen molar-refractivity contribution in [1.82, 2.24) is 4.98 Å². The summed E-state index contributed by atoms with van der Waals surface area (Å²) in [5, 5.41) is 9.37. The molecule has 0 aliphatic heterocycles. The van der Waals surface area contributed by atoms with Crippen LogP contribution < -0.4 is 5.73 Å². The first-order valence-electron chi connectivity index (χ1n) is 5.22. The molecule has 0 bridgehead atoms. The van der Waals surface area contributed by atoms with Crippen molar-refractivity contribution in [1.29, 1.82) is 0 Å². The number of benzene rings is 1. The molecule has 1 aromatic carbocycles. The maximum absolute atomic E-state index is 9.37. The van der Waals surface area contributed by atoms with E-state index in [4.69, 9.17) is 10.2 Å². The Bertz CT molecular complexity index is 470. The van der Waals surface area contributed by atoms with E-state index in [9.17, 15) is 5.11 Å². The molecule has 0 radical (unpaired) electrons. The fourth-order valence-electron chi connectivity index (χ4n) is 1.58. The highest BCUT2D eigenvalue weighted by Gasteiger charge is 2.11. The number of nitrogens with zero attached hydrogens (tertiary/aromatic N) is 1. The highest BCUT2D eigenvalue weighted by molar-refractivity contribution is 5.56. The largest absolute Gasteiger partial charge is 0.508 e. The first-order chi connectivity index (χ1) is 7.74. The van der Waals surface area contributed by atoms with E-state index < -0.39 is 0 Å². The Morgan fingerprint density at radius 1 is 1.44 bits per heavy atom. The molecule has 3 N–H and O–H groups in total. The Morgan fingerprint density at radius 3 is 2.81 bits per heavy atom. The Balaban J connectivity index is 2.44. The summed E-state index contributed by atoms with van der Waals surface area (Å²) in [5.41, 5.74) is 7.20. The summed E-state index contributed by atoms with van der Waals surface area (Å²) < 4.78 is 5.55. The molecule has 16 heavy (non-hydrogen) atoms. The van der Waals surface area contributed by atoms with E-state index >= 15 is 0 Å². The summed E-state index contributed by atoms with van der Waals surface area (Å²) in [4.78, 5) is 4.35. The molecule has 0 aliphatic rings. The number of rotatable bonds is 3. The standard InChI is InChI=1S/C12H14N2O2/c1-2-10-11(7-13)16-12(14-10)8-4-3-5-9(15)6-8/h3-6,15H,2,7,13H2,1H3. The third kappa shape index (κ3) is 1.92. The van der Waals surface area contributed by atoms with E-state index in [2.05, 4.69) is 4.98 Å². The maximum Gasteiger partial charge on any atom is 0.226 e. The summed E-state index contributed by atoms with van der Waals surface area (Å²) in [7, 11) is 0. The third-order valence-electron chi connectivity index (χ3n) is 2.39. The van der Waals surface area contributed by atoms with Crippen molar-refractivity contribution in [3.8, 4) is 17.2 Å². The van der Waals surface area contributed by atoms with Gasteiger partial charge in [0.2, 0.25) is 5.89 Å². The average Bonchev–Trinajstić information content (AvgIpc) is 2.72. The zero-order valence-electron chi connectivity index (χ0n) is 9.10. The minimum absolute atomic E-state index is 0.197. The van der Waals surface area contributed by atoms with E-state index in [0.717, 1.165) is 17.7 Å². The van der Waals surface area contributed by atoms with Crippen LogP contribution in [0.1, 0.15) is 18.4 Å². The van der Waals surface area contributed by atoms with Crippen molar-refractivity contribution in [3.05, 3.63) is 35.7 Å². The zero-order chi connectivity index (χ0) is 11.5. The molecular weight excluding hydrogens is 204 g/mol. The topological polar surface area (TPSA) is 72.3 Å². The fraction of sp³-hybridized carbons (Fsp3) is 0.250. The van der Waals surface area contributed by atoms with E-state index in [1.807, 2.05) is 13.0 Å². The fourth-order valence-corrected chi connectivity index (χ4v) is 1.58. The van der Waals surface area contributed by atoms with E-state index in [-0.39, 0.29) is 5.75 Å². The number of aromatic hydroxyl groups is 1.